The predicted octanol–water partition coefficient (Wildman–Crippen LogP) is -0.136. The van der Waals surface area contributed by atoms with Gasteiger partial charge in [0.25, 0.3) is 5.56 Å². The maximum Gasteiger partial charge on any atom is 0.331 e. The van der Waals surface area contributed by atoms with Gasteiger partial charge in [0, 0.05) is 18.6 Å². The quantitative estimate of drug-likeness (QED) is 0.787. The number of halogens is 1. The van der Waals surface area contributed by atoms with Crippen LogP contribution < -0.4 is 11.2 Å². The second-order valence-electron chi connectivity index (χ2n) is 4.75. The van der Waals surface area contributed by atoms with Crippen LogP contribution in [0.5, 0.6) is 5.88 Å². The highest BCUT2D eigenvalue weighted by atomic mass is 19.1. The number of likely N-dealkylation sites (N-methyl/N-ethyl adjacent to an activating group) is 1. The fourth-order valence-corrected chi connectivity index (χ4v) is 1.94. The van der Waals surface area contributed by atoms with E-state index in [0.717, 1.165) is 17.4 Å². The first-order valence-corrected chi connectivity index (χ1v) is 5.85. The Morgan fingerprint density at radius 3 is 2.72 bits per heavy atom. The summed E-state index contributed by atoms with van der Waals surface area (Å²) in [5.41, 5.74) is -1.99. The van der Waals surface area contributed by atoms with E-state index in [-0.39, 0.29) is 12.6 Å². The molecule has 2 rings (SSSR count). The highest BCUT2D eigenvalue weighted by Gasteiger charge is 2.29. The molecule has 6 nitrogen and oxygen atoms in total. The number of rotatable bonds is 4. The molecule has 0 spiro atoms. The van der Waals surface area contributed by atoms with E-state index in [1.807, 2.05) is 19.0 Å². The SMILES string of the molecule is CC(Cn1c(O)c(F)c(=O)[nH]c1=O)N(C)C1CC1. The molecule has 1 saturated carbocycles. The molecule has 1 unspecified atom stereocenters. The molecule has 1 heterocycles. The van der Waals surface area contributed by atoms with Crippen LogP contribution in [0, 0.1) is 5.82 Å². The molecule has 0 amide bonds. The molecule has 1 atom stereocenters. The highest BCUT2D eigenvalue weighted by molar-refractivity contribution is 5.09. The van der Waals surface area contributed by atoms with E-state index < -0.39 is 22.9 Å². The van der Waals surface area contributed by atoms with Crippen molar-refractivity contribution in [2.75, 3.05) is 7.05 Å². The van der Waals surface area contributed by atoms with E-state index in [4.69, 9.17) is 0 Å². The van der Waals surface area contributed by atoms with Crippen molar-refractivity contribution in [3.8, 4) is 5.88 Å². The Hall–Kier alpha value is -1.63. The van der Waals surface area contributed by atoms with Crippen molar-refractivity contribution in [1.82, 2.24) is 14.5 Å². The monoisotopic (exact) mass is 257 g/mol. The molecule has 100 valence electrons. The van der Waals surface area contributed by atoms with Gasteiger partial charge in [-0.05, 0) is 26.8 Å². The lowest BCUT2D eigenvalue weighted by molar-refractivity contribution is 0.214. The van der Waals surface area contributed by atoms with Crippen LogP contribution in [-0.2, 0) is 6.54 Å². The zero-order valence-electron chi connectivity index (χ0n) is 10.3. The molecule has 1 aromatic heterocycles. The van der Waals surface area contributed by atoms with Gasteiger partial charge in [-0.15, -0.1) is 0 Å². The molecule has 0 aromatic carbocycles. The minimum atomic E-state index is -1.32. The Kier molecular flexibility index (Phi) is 3.25. The smallest absolute Gasteiger partial charge is 0.331 e. The maximum atomic E-state index is 13.2. The van der Waals surface area contributed by atoms with E-state index in [1.165, 1.54) is 0 Å². The lowest BCUT2D eigenvalue weighted by Gasteiger charge is -2.25. The van der Waals surface area contributed by atoms with Crippen molar-refractivity contribution in [2.45, 2.75) is 38.4 Å². The molecule has 1 aliphatic carbocycles. The fourth-order valence-electron chi connectivity index (χ4n) is 1.94. The number of nitrogens with zero attached hydrogens (tertiary/aromatic N) is 2. The molecular formula is C11H16FN3O3. The summed E-state index contributed by atoms with van der Waals surface area (Å²) >= 11 is 0. The second-order valence-corrected chi connectivity index (χ2v) is 4.75. The van der Waals surface area contributed by atoms with Crippen LogP contribution in [0.1, 0.15) is 19.8 Å². The molecule has 1 fully saturated rings. The first kappa shape index (κ1) is 12.8. The molecule has 7 heteroatoms. The third kappa shape index (κ3) is 2.31. The molecular weight excluding hydrogens is 241 g/mol. The second kappa shape index (κ2) is 4.56. The lowest BCUT2D eigenvalue weighted by atomic mass is 10.3. The lowest BCUT2D eigenvalue weighted by Crippen LogP contribution is -2.40. The number of aromatic nitrogens is 2. The summed E-state index contributed by atoms with van der Waals surface area (Å²) in [4.78, 5) is 26.4. The Labute approximate surface area is 103 Å². The summed E-state index contributed by atoms with van der Waals surface area (Å²) < 4.78 is 14.1. The zero-order valence-corrected chi connectivity index (χ0v) is 10.3. The summed E-state index contributed by atoms with van der Waals surface area (Å²) in [7, 11) is 1.92. The van der Waals surface area contributed by atoms with Gasteiger partial charge in [0.05, 0.1) is 0 Å². The van der Waals surface area contributed by atoms with Gasteiger partial charge in [0.2, 0.25) is 11.7 Å². The van der Waals surface area contributed by atoms with E-state index >= 15 is 0 Å². The molecule has 2 N–H and O–H groups in total. The van der Waals surface area contributed by atoms with Crippen LogP contribution in [-0.4, -0.2) is 38.7 Å². The molecule has 0 bridgehead atoms. The van der Waals surface area contributed by atoms with Gasteiger partial charge >= 0.3 is 5.69 Å². The first-order chi connectivity index (χ1) is 8.41. The number of hydrogen-bond donors (Lipinski definition) is 2. The minimum Gasteiger partial charge on any atom is -0.492 e. The average Bonchev–Trinajstić information content (AvgIpc) is 3.14. The van der Waals surface area contributed by atoms with Crippen LogP contribution in [0.25, 0.3) is 0 Å². The predicted molar refractivity (Wildman–Crippen MR) is 63.2 cm³/mol. The van der Waals surface area contributed by atoms with Crippen LogP contribution in [0.15, 0.2) is 9.59 Å². The summed E-state index contributed by atoms with van der Waals surface area (Å²) in [5.74, 6) is -2.23. The fraction of sp³-hybridized carbons (Fsp3) is 0.636. The van der Waals surface area contributed by atoms with Crippen molar-refractivity contribution in [3.05, 3.63) is 26.7 Å². The average molecular weight is 257 g/mol. The van der Waals surface area contributed by atoms with E-state index in [0.29, 0.717) is 6.04 Å². The van der Waals surface area contributed by atoms with Crippen molar-refractivity contribution >= 4 is 0 Å². The molecule has 0 radical (unpaired) electrons. The number of H-pyrrole nitrogens is 1. The third-order valence-electron chi connectivity index (χ3n) is 3.38. The van der Waals surface area contributed by atoms with Gasteiger partial charge in [0.15, 0.2) is 0 Å². The van der Waals surface area contributed by atoms with Crippen molar-refractivity contribution in [2.24, 2.45) is 0 Å². The number of nitrogens with one attached hydrogen (secondary N) is 1. The summed E-state index contributed by atoms with van der Waals surface area (Å²) in [6, 6.07) is 0.455. The largest absolute Gasteiger partial charge is 0.492 e. The zero-order chi connectivity index (χ0) is 13.4. The molecule has 0 aliphatic heterocycles. The molecule has 1 aliphatic rings. The standard InChI is InChI=1S/C11H16FN3O3/c1-6(14(2)7-3-4-7)5-15-10(17)8(12)9(16)13-11(15)18/h6-7,17H,3-5H2,1-2H3,(H,13,16,18). The van der Waals surface area contributed by atoms with E-state index in [9.17, 15) is 19.1 Å². The van der Waals surface area contributed by atoms with Crippen LogP contribution in [0.3, 0.4) is 0 Å². The van der Waals surface area contributed by atoms with Gasteiger partial charge in [-0.25, -0.2) is 4.79 Å². The summed E-state index contributed by atoms with van der Waals surface area (Å²) in [5, 5.41) is 9.49. The van der Waals surface area contributed by atoms with E-state index in [2.05, 4.69) is 4.90 Å². The van der Waals surface area contributed by atoms with Gasteiger partial charge in [0.1, 0.15) is 0 Å². The van der Waals surface area contributed by atoms with E-state index in [1.54, 1.807) is 0 Å². The Morgan fingerprint density at radius 1 is 1.56 bits per heavy atom. The van der Waals surface area contributed by atoms with Crippen LogP contribution in [0.4, 0.5) is 4.39 Å². The van der Waals surface area contributed by atoms with Crippen molar-refractivity contribution in [3.63, 3.8) is 0 Å². The maximum absolute atomic E-state index is 13.2. The van der Waals surface area contributed by atoms with Gasteiger partial charge < -0.3 is 5.11 Å². The molecule has 18 heavy (non-hydrogen) atoms. The van der Waals surface area contributed by atoms with Gasteiger partial charge in [-0.2, -0.15) is 4.39 Å². The highest BCUT2D eigenvalue weighted by Crippen LogP contribution is 2.27. The first-order valence-electron chi connectivity index (χ1n) is 5.85. The third-order valence-corrected chi connectivity index (χ3v) is 3.38. The van der Waals surface area contributed by atoms with Crippen LogP contribution >= 0.6 is 0 Å². The van der Waals surface area contributed by atoms with Crippen molar-refractivity contribution < 1.29 is 9.50 Å². The molecule has 0 saturated heterocycles. The topological polar surface area (TPSA) is 78.3 Å². The van der Waals surface area contributed by atoms with Crippen LogP contribution in [0.2, 0.25) is 0 Å². The van der Waals surface area contributed by atoms with Crippen molar-refractivity contribution in [1.29, 1.82) is 0 Å². The molecule has 1 aromatic rings. The number of hydrogen-bond acceptors (Lipinski definition) is 4. The van der Waals surface area contributed by atoms with Gasteiger partial charge in [-0.3, -0.25) is 19.2 Å². The summed E-state index contributed by atoms with van der Waals surface area (Å²) in [6.45, 7) is 2.01. The Balaban J connectivity index is 2.26. The Bertz CT molecular complexity index is 562. The minimum absolute atomic E-state index is 0.0357. The normalized spacial score (nSPS) is 17.1. The van der Waals surface area contributed by atoms with Gasteiger partial charge in [-0.1, -0.05) is 0 Å². The number of aromatic amines is 1. The number of aromatic hydroxyl groups is 1. The Morgan fingerprint density at radius 2 is 2.17 bits per heavy atom. The summed E-state index contributed by atoms with van der Waals surface area (Å²) in [6.07, 6.45) is 2.23.